The molecule has 21 heavy (non-hydrogen) atoms. The third-order valence-electron chi connectivity index (χ3n) is 3.65. The van der Waals surface area contributed by atoms with Crippen LogP contribution < -0.4 is 10.6 Å². The normalized spacial score (nSPS) is 20.6. The van der Waals surface area contributed by atoms with E-state index in [1.165, 1.54) is 26.2 Å². The van der Waals surface area contributed by atoms with Crippen LogP contribution in [0, 0.1) is 0 Å². The highest BCUT2D eigenvalue weighted by molar-refractivity contribution is 5.92. The Morgan fingerprint density at radius 1 is 1.29 bits per heavy atom. The van der Waals surface area contributed by atoms with Gasteiger partial charge in [-0.15, -0.1) is 0 Å². The topological polar surface area (TPSA) is 97.0 Å². The largest absolute Gasteiger partial charge is 0.453 e. The molecule has 120 valence electrons. The zero-order valence-electron chi connectivity index (χ0n) is 12.8. The van der Waals surface area contributed by atoms with Crippen molar-refractivity contribution in [2.45, 2.75) is 38.0 Å². The van der Waals surface area contributed by atoms with Crippen molar-refractivity contribution >= 4 is 17.9 Å². The minimum absolute atomic E-state index is 0.206. The van der Waals surface area contributed by atoms with E-state index >= 15 is 0 Å². The fourth-order valence-corrected chi connectivity index (χ4v) is 2.35. The molecule has 1 fully saturated rings. The number of carbonyl (C=O) groups excluding carboxylic acids is 3. The molecule has 1 saturated heterocycles. The Kier molecular flexibility index (Phi) is 6.41. The van der Waals surface area contributed by atoms with E-state index in [0.717, 1.165) is 6.42 Å². The van der Waals surface area contributed by atoms with Crippen LogP contribution in [-0.4, -0.2) is 68.8 Å². The van der Waals surface area contributed by atoms with Crippen LogP contribution in [0.1, 0.15) is 19.8 Å². The highest BCUT2D eigenvalue weighted by Gasteiger charge is 2.39. The van der Waals surface area contributed by atoms with E-state index in [0.29, 0.717) is 13.0 Å². The molecule has 1 aliphatic heterocycles. The van der Waals surface area contributed by atoms with Crippen molar-refractivity contribution in [3.63, 3.8) is 0 Å². The van der Waals surface area contributed by atoms with Crippen LogP contribution in [-0.2, 0) is 19.1 Å². The fraction of sp³-hybridized carbons (Fsp3) is 0.769. The Balaban J connectivity index is 2.88. The molecule has 3 atom stereocenters. The predicted molar refractivity (Wildman–Crippen MR) is 74.6 cm³/mol. The van der Waals surface area contributed by atoms with E-state index in [1.807, 2.05) is 0 Å². The maximum absolute atomic E-state index is 12.6. The van der Waals surface area contributed by atoms with Gasteiger partial charge in [0, 0.05) is 20.7 Å². The molecule has 0 saturated carbocycles. The van der Waals surface area contributed by atoms with Gasteiger partial charge < -0.3 is 25.0 Å². The summed E-state index contributed by atoms with van der Waals surface area (Å²) in [6, 6.07) is -1.40. The van der Waals surface area contributed by atoms with Crippen molar-refractivity contribution in [2.24, 2.45) is 0 Å². The summed E-state index contributed by atoms with van der Waals surface area (Å²) < 4.78 is 9.67. The molecule has 0 aliphatic carbocycles. The smallest absolute Gasteiger partial charge is 0.407 e. The van der Waals surface area contributed by atoms with Crippen LogP contribution in [0.15, 0.2) is 0 Å². The molecule has 3 unspecified atom stereocenters. The van der Waals surface area contributed by atoms with Crippen LogP contribution in [0.5, 0.6) is 0 Å². The van der Waals surface area contributed by atoms with Crippen molar-refractivity contribution < 1.29 is 23.9 Å². The van der Waals surface area contributed by atoms with Crippen LogP contribution in [0.25, 0.3) is 0 Å². The number of nitrogens with one attached hydrogen (secondary N) is 2. The zero-order valence-corrected chi connectivity index (χ0v) is 12.8. The minimum atomic E-state index is -0.896. The Labute approximate surface area is 124 Å². The summed E-state index contributed by atoms with van der Waals surface area (Å²) in [7, 11) is 4.20. The lowest BCUT2D eigenvalue weighted by Gasteiger charge is -2.30. The minimum Gasteiger partial charge on any atom is -0.453 e. The van der Waals surface area contributed by atoms with Gasteiger partial charge in [-0.2, -0.15) is 0 Å². The average Bonchev–Trinajstić information content (AvgIpc) is 2.99. The highest BCUT2D eigenvalue weighted by atomic mass is 16.5. The van der Waals surface area contributed by atoms with E-state index in [9.17, 15) is 14.4 Å². The number of likely N-dealkylation sites (N-methyl/N-ethyl adjacent to an activating group) is 1. The summed E-state index contributed by atoms with van der Waals surface area (Å²) in [4.78, 5) is 37.3. The van der Waals surface area contributed by atoms with Crippen molar-refractivity contribution in [2.75, 3.05) is 27.8 Å². The maximum atomic E-state index is 12.6. The number of methoxy groups -OCH3 is 2. The van der Waals surface area contributed by atoms with E-state index in [-0.39, 0.29) is 11.8 Å². The Morgan fingerprint density at radius 2 is 1.95 bits per heavy atom. The maximum Gasteiger partial charge on any atom is 0.407 e. The van der Waals surface area contributed by atoms with E-state index in [2.05, 4.69) is 15.4 Å². The number of hydrogen-bond acceptors (Lipinski definition) is 5. The summed E-state index contributed by atoms with van der Waals surface area (Å²) in [5, 5.41) is 5.01. The summed E-state index contributed by atoms with van der Waals surface area (Å²) in [5.41, 5.74) is 0. The number of ether oxygens (including phenoxy) is 2. The molecular weight excluding hydrogens is 278 g/mol. The van der Waals surface area contributed by atoms with Gasteiger partial charge in [0.2, 0.25) is 11.8 Å². The lowest BCUT2D eigenvalue weighted by atomic mass is 10.1. The van der Waals surface area contributed by atoms with Crippen molar-refractivity contribution in [3.8, 4) is 0 Å². The number of amides is 3. The van der Waals surface area contributed by atoms with E-state index < -0.39 is 24.3 Å². The summed E-state index contributed by atoms with van der Waals surface area (Å²) in [5.74, 6) is -0.552. The second-order valence-corrected chi connectivity index (χ2v) is 4.86. The fourth-order valence-electron chi connectivity index (χ4n) is 2.35. The number of rotatable bonds is 5. The molecule has 0 bridgehead atoms. The first kappa shape index (κ1) is 17.2. The van der Waals surface area contributed by atoms with Gasteiger partial charge >= 0.3 is 6.09 Å². The van der Waals surface area contributed by atoms with E-state index in [1.54, 1.807) is 6.92 Å². The van der Waals surface area contributed by atoms with Crippen molar-refractivity contribution in [1.82, 2.24) is 15.5 Å². The highest BCUT2D eigenvalue weighted by Crippen LogP contribution is 2.19. The first-order valence-electron chi connectivity index (χ1n) is 6.85. The second kappa shape index (κ2) is 7.82. The molecule has 1 rings (SSSR count). The lowest BCUT2D eigenvalue weighted by molar-refractivity contribution is -0.142. The molecule has 0 aromatic rings. The van der Waals surface area contributed by atoms with Gasteiger partial charge in [0.25, 0.3) is 0 Å². The molecule has 1 aliphatic rings. The third kappa shape index (κ3) is 4.07. The average molecular weight is 301 g/mol. The van der Waals surface area contributed by atoms with Crippen LogP contribution >= 0.6 is 0 Å². The standard InChI is InChI=1S/C13H23N3O5/c1-8(20-3)10(15-13(19)21-4)12(18)16-7-5-6-9(16)11(17)14-2/h8-10H,5-7H2,1-4H3,(H,14,17)(H,15,19). The third-order valence-corrected chi connectivity index (χ3v) is 3.65. The monoisotopic (exact) mass is 301 g/mol. The number of likely N-dealkylation sites (tertiary alicyclic amines) is 1. The molecule has 0 aromatic heterocycles. The Morgan fingerprint density at radius 3 is 2.48 bits per heavy atom. The van der Waals surface area contributed by atoms with Gasteiger partial charge in [0.15, 0.2) is 0 Å². The second-order valence-electron chi connectivity index (χ2n) is 4.86. The Hall–Kier alpha value is -1.83. The van der Waals surface area contributed by atoms with E-state index in [4.69, 9.17) is 4.74 Å². The molecule has 0 spiro atoms. The predicted octanol–water partition coefficient (Wildman–Crippen LogP) is -0.517. The summed E-state index contributed by atoms with van der Waals surface area (Å²) in [6.45, 7) is 2.15. The molecule has 0 aromatic carbocycles. The molecule has 2 N–H and O–H groups in total. The van der Waals surface area contributed by atoms with Gasteiger partial charge in [-0.25, -0.2) is 4.79 Å². The molecule has 8 heteroatoms. The van der Waals surface area contributed by atoms with Gasteiger partial charge in [-0.1, -0.05) is 0 Å². The van der Waals surface area contributed by atoms with Gasteiger partial charge in [-0.3, -0.25) is 9.59 Å². The van der Waals surface area contributed by atoms with Gasteiger partial charge in [0.1, 0.15) is 12.1 Å². The van der Waals surface area contributed by atoms with Crippen LogP contribution in [0.3, 0.4) is 0 Å². The lowest BCUT2D eigenvalue weighted by Crippen LogP contribution is -2.57. The number of carbonyl (C=O) groups is 3. The number of alkyl carbamates (subject to hydrolysis) is 1. The first-order chi connectivity index (χ1) is 9.96. The quantitative estimate of drug-likeness (QED) is 0.712. The molecule has 1 heterocycles. The summed E-state index contributed by atoms with van der Waals surface area (Å²) in [6.07, 6.45) is 0.101. The molecular formula is C13H23N3O5. The first-order valence-corrected chi connectivity index (χ1v) is 6.85. The van der Waals surface area contributed by atoms with Crippen LogP contribution in [0.4, 0.5) is 4.79 Å². The zero-order chi connectivity index (χ0) is 16.0. The number of nitrogens with zero attached hydrogens (tertiary/aromatic N) is 1. The SMILES string of the molecule is CNC(=O)C1CCCN1C(=O)C(NC(=O)OC)C(C)OC. The number of hydrogen-bond donors (Lipinski definition) is 2. The Bertz CT molecular complexity index is 401. The van der Waals surface area contributed by atoms with Crippen molar-refractivity contribution in [1.29, 1.82) is 0 Å². The molecule has 0 radical (unpaired) electrons. The summed E-state index contributed by atoms with van der Waals surface area (Å²) >= 11 is 0. The van der Waals surface area contributed by atoms with Gasteiger partial charge in [0.05, 0.1) is 13.2 Å². The molecule has 3 amide bonds. The van der Waals surface area contributed by atoms with Crippen LogP contribution in [0.2, 0.25) is 0 Å². The van der Waals surface area contributed by atoms with Crippen molar-refractivity contribution in [3.05, 3.63) is 0 Å². The van der Waals surface area contributed by atoms with Gasteiger partial charge in [-0.05, 0) is 19.8 Å². The molecule has 8 nitrogen and oxygen atoms in total.